The van der Waals surface area contributed by atoms with Gasteiger partial charge in [0.25, 0.3) is 5.91 Å². The van der Waals surface area contributed by atoms with Crippen LogP contribution in [0.2, 0.25) is 0 Å². The predicted octanol–water partition coefficient (Wildman–Crippen LogP) is 2.81. The molecule has 4 rings (SSSR count). The van der Waals surface area contributed by atoms with E-state index in [1.165, 1.54) is 0 Å². The van der Waals surface area contributed by atoms with E-state index in [1.54, 1.807) is 24.5 Å². The highest BCUT2D eigenvalue weighted by Gasteiger charge is 2.16. The van der Waals surface area contributed by atoms with Crippen molar-refractivity contribution in [1.82, 2.24) is 19.7 Å². The topological polar surface area (TPSA) is 88.7 Å². The van der Waals surface area contributed by atoms with Gasteiger partial charge in [-0.25, -0.2) is 4.98 Å². The lowest BCUT2D eigenvalue weighted by Gasteiger charge is -2.02. The Kier molecular flexibility index (Phi) is 2.97. The van der Waals surface area contributed by atoms with Gasteiger partial charge in [-0.3, -0.25) is 15.2 Å². The van der Waals surface area contributed by atoms with Gasteiger partial charge in [-0.15, -0.1) is 0 Å². The summed E-state index contributed by atoms with van der Waals surface area (Å²) < 4.78 is 7.10. The summed E-state index contributed by atoms with van der Waals surface area (Å²) in [5.74, 6) is 0.760. The number of carbonyl (C=O) groups is 1. The van der Waals surface area contributed by atoms with Crippen LogP contribution in [0.3, 0.4) is 0 Å². The third kappa shape index (κ3) is 2.28. The van der Waals surface area contributed by atoms with Crippen molar-refractivity contribution < 1.29 is 9.21 Å². The monoisotopic (exact) mass is 307 g/mol. The summed E-state index contributed by atoms with van der Waals surface area (Å²) in [6.45, 7) is 0. The molecule has 23 heavy (non-hydrogen) atoms. The molecule has 7 nitrogen and oxygen atoms in total. The summed E-state index contributed by atoms with van der Waals surface area (Å²) in [5.41, 5.74) is 2.68. The molecule has 3 heterocycles. The Bertz CT molecular complexity index is 981. The SMILES string of the molecule is Cn1c(NC(=O)c2cc(-c3ccco3)[nH]n2)nc2ccccc21. The van der Waals surface area contributed by atoms with E-state index < -0.39 is 0 Å². The molecule has 2 N–H and O–H groups in total. The molecule has 1 aromatic carbocycles. The Balaban J connectivity index is 1.61. The van der Waals surface area contributed by atoms with E-state index >= 15 is 0 Å². The number of aryl methyl sites for hydroxylation is 1. The first-order chi connectivity index (χ1) is 11.2. The van der Waals surface area contributed by atoms with Gasteiger partial charge in [-0.05, 0) is 24.3 Å². The summed E-state index contributed by atoms with van der Waals surface area (Å²) in [6, 6.07) is 12.9. The van der Waals surface area contributed by atoms with Crippen LogP contribution in [0, 0.1) is 0 Å². The number of anilines is 1. The molecule has 0 unspecified atom stereocenters. The van der Waals surface area contributed by atoms with Crippen LogP contribution >= 0.6 is 0 Å². The van der Waals surface area contributed by atoms with Crippen molar-refractivity contribution in [1.29, 1.82) is 0 Å². The molecule has 0 saturated heterocycles. The minimum atomic E-state index is -0.336. The minimum Gasteiger partial charge on any atom is -0.463 e. The molecule has 0 bridgehead atoms. The molecule has 0 aliphatic carbocycles. The van der Waals surface area contributed by atoms with Crippen LogP contribution in [-0.2, 0) is 7.05 Å². The second-order valence-corrected chi connectivity index (χ2v) is 5.08. The van der Waals surface area contributed by atoms with E-state index in [9.17, 15) is 4.79 Å². The maximum Gasteiger partial charge on any atom is 0.278 e. The standard InChI is InChI=1S/C16H13N5O2/c1-21-13-6-3-2-5-10(13)17-16(21)18-15(22)12-9-11(19-20-12)14-7-4-8-23-14/h2-9H,1H3,(H,19,20)(H,17,18,22). The van der Waals surface area contributed by atoms with E-state index in [0.29, 0.717) is 17.4 Å². The van der Waals surface area contributed by atoms with E-state index in [0.717, 1.165) is 11.0 Å². The number of hydrogen-bond donors (Lipinski definition) is 2. The molecule has 7 heteroatoms. The highest BCUT2D eigenvalue weighted by Crippen LogP contribution is 2.20. The number of hydrogen-bond acceptors (Lipinski definition) is 4. The summed E-state index contributed by atoms with van der Waals surface area (Å²) >= 11 is 0. The third-order valence-electron chi connectivity index (χ3n) is 3.61. The van der Waals surface area contributed by atoms with Crippen LogP contribution in [0.25, 0.3) is 22.5 Å². The van der Waals surface area contributed by atoms with Crippen molar-refractivity contribution in [2.45, 2.75) is 0 Å². The number of benzene rings is 1. The minimum absolute atomic E-state index is 0.267. The zero-order chi connectivity index (χ0) is 15.8. The fourth-order valence-electron chi connectivity index (χ4n) is 2.42. The highest BCUT2D eigenvalue weighted by molar-refractivity contribution is 6.03. The second-order valence-electron chi connectivity index (χ2n) is 5.08. The van der Waals surface area contributed by atoms with Gasteiger partial charge in [0.2, 0.25) is 5.95 Å². The number of nitrogens with zero attached hydrogens (tertiary/aromatic N) is 3. The average Bonchev–Trinajstić information content (AvgIpc) is 3.28. The van der Waals surface area contributed by atoms with Gasteiger partial charge in [0.1, 0.15) is 5.69 Å². The smallest absolute Gasteiger partial charge is 0.278 e. The Morgan fingerprint density at radius 2 is 2.13 bits per heavy atom. The predicted molar refractivity (Wildman–Crippen MR) is 85.0 cm³/mol. The van der Waals surface area contributed by atoms with Crippen LogP contribution in [-0.4, -0.2) is 25.7 Å². The van der Waals surface area contributed by atoms with Gasteiger partial charge in [0.15, 0.2) is 11.5 Å². The highest BCUT2D eigenvalue weighted by atomic mass is 16.3. The lowest BCUT2D eigenvalue weighted by molar-refractivity contribution is 0.102. The molecule has 1 amide bonds. The van der Waals surface area contributed by atoms with Crippen LogP contribution in [0.4, 0.5) is 5.95 Å². The fraction of sp³-hybridized carbons (Fsp3) is 0.0625. The van der Waals surface area contributed by atoms with Crippen molar-refractivity contribution in [2.75, 3.05) is 5.32 Å². The van der Waals surface area contributed by atoms with Crippen LogP contribution in [0.5, 0.6) is 0 Å². The number of para-hydroxylation sites is 2. The van der Waals surface area contributed by atoms with Gasteiger partial charge in [-0.2, -0.15) is 5.10 Å². The van der Waals surface area contributed by atoms with Gasteiger partial charge in [-0.1, -0.05) is 12.1 Å². The Morgan fingerprint density at radius 3 is 2.91 bits per heavy atom. The van der Waals surface area contributed by atoms with Gasteiger partial charge in [0, 0.05) is 13.1 Å². The maximum absolute atomic E-state index is 12.3. The number of nitrogens with one attached hydrogen (secondary N) is 2. The van der Waals surface area contributed by atoms with E-state index in [1.807, 2.05) is 35.9 Å². The lowest BCUT2D eigenvalue weighted by atomic mass is 10.3. The van der Waals surface area contributed by atoms with Crippen LogP contribution < -0.4 is 5.32 Å². The quantitative estimate of drug-likeness (QED) is 0.609. The molecule has 0 radical (unpaired) electrons. The van der Waals surface area contributed by atoms with Crippen LogP contribution in [0.15, 0.2) is 53.1 Å². The first-order valence-corrected chi connectivity index (χ1v) is 7.04. The molecule has 0 aliphatic heterocycles. The van der Waals surface area contributed by atoms with Gasteiger partial charge >= 0.3 is 0 Å². The molecule has 0 atom stereocenters. The Hall–Kier alpha value is -3.35. The number of H-pyrrole nitrogens is 1. The maximum atomic E-state index is 12.3. The third-order valence-corrected chi connectivity index (χ3v) is 3.61. The lowest BCUT2D eigenvalue weighted by Crippen LogP contribution is -2.15. The zero-order valence-corrected chi connectivity index (χ0v) is 12.3. The summed E-state index contributed by atoms with van der Waals surface area (Å²) in [4.78, 5) is 16.8. The van der Waals surface area contributed by atoms with Crippen molar-refractivity contribution >= 4 is 22.9 Å². The van der Waals surface area contributed by atoms with Crippen molar-refractivity contribution in [2.24, 2.45) is 7.05 Å². The number of amides is 1. The summed E-state index contributed by atoms with van der Waals surface area (Å²) in [7, 11) is 1.85. The number of imidazole rings is 1. The summed E-state index contributed by atoms with van der Waals surface area (Å²) in [6.07, 6.45) is 1.56. The average molecular weight is 307 g/mol. The molecule has 0 spiro atoms. The number of rotatable bonds is 3. The van der Waals surface area contributed by atoms with Gasteiger partial charge < -0.3 is 8.98 Å². The zero-order valence-electron chi connectivity index (χ0n) is 12.3. The fourth-order valence-corrected chi connectivity index (χ4v) is 2.42. The van der Waals surface area contributed by atoms with Crippen molar-refractivity contribution in [3.8, 4) is 11.5 Å². The molecular weight excluding hydrogens is 294 g/mol. The van der Waals surface area contributed by atoms with E-state index in [2.05, 4.69) is 20.5 Å². The van der Waals surface area contributed by atoms with Crippen LogP contribution in [0.1, 0.15) is 10.5 Å². The Morgan fingerprint density at radius 1 is 1.26 bits per heavy atom. The number of carbonyl (C=O) groups excluding carboxylic acids is 1. The normalized spacial score (nSPS) is 11.0. The molecule has 0 fully saturated rings. The van der Waals surface area contributed by atoms with E-state index in [4.69, 9.17) is 4.42 Å². The van der Waals surface area contributed by atoms with Gasteiger partial charge in [0.05, 0.1) is 17.3 Å². The first kappa shape index (κ1) is 13.3. The molecule has 0 aliphatic rings. The molecule has 4 aromatic rings. The number of aromatic amines is 1. The number of fused-ring (bicyclic) bond motifs is 1. The van der Waals surface area contributed by atoms with Crippen molar-refractivity contribution in [3.05, 3.63) is 54.4 Å². The molecule has 114 valence electrons. The molecular formula is C16H13N5O2. The second kappa shape index (κ2) is 5.13. The molecule has 0 saturated carbocycles. The summed E-state index contributed by atoms with van der Waals surface area (Å²) in [5, 5.41) is 9.58. The first-order valence-electron chi connectivity index (χ1n) is 7.04. The number of aromatic nitrogens is 4. The Labute approximate surface area is 130 Å². The van der Waals surface area contributed by atoms with E-state index in [-0.39, 0.29) is 11.6 Å². The molecule has 3 aromatic heterocycles. The largest absolute Gasteiger partial charge is 0.463 e. The number of furan rings is 1. The van der Waals surface area contributed by atoms with Crippen molar-refractivity contribution in [3.63, 3.8) is 0 Å².